The van der Waals surface area contributed by atoms with Crippen molar-refractivity contribution in [1.29, 1.82) is 0 Å². The molecular weight excluding hydrogens is 372 g/mol. The molecule has 0 aliphatic carbocycles. The van der Waals surface area contributed by atoms with Crippen molar-refractivity contribution in [2.75, 3.05) is 0 Å². The van der Waals surface area contributed by atoms with E-state index in [2.05, 4.69) is 86.4 Å². The van der Waals surface area contributed by atoms with Gasteiger partial charge >= 0.3 is 0 Å². The molecule has 3 aromatic heterocycles. The SMILES string of the molecule is CC(C)(C)c1cc(-c2cc(-c3cc4ncccc4s3)ccn2)cc2ccccc12. The third kappa shape index (κ3) is 3.32. The summed E-state index contributed by atoms with van der Waals surface area (Å²) >= 11 is 1.77. The van der Waals surface area contributed by atoms with Crippen LogP contribution in [0.5, 0.6) is 0 Å². The fourth-order valence-electron chi connectivity index (χ4n) is 3.83. The second kappa shape index (κ2) is 6.78. The summed E-state index contributed by atoms with van der Waals surface area (Å²) in [5, 5.41) is 2.57. The summed E-state index contributed by atoms with van der Waals surface area (Å²) in [6.07, 6.45) is 3.76. The van der Waals surface area contributed by atoms with Crippen molar-refractivity contribution >= 4 is 32.3 Å². The Hall–Kier alpha value is -3.04. The Balaban J connectivity index is 1.67. The van der Waals surface area contributed by atoms with E-state index in [-0.39, 0.29) is 5.41 Å². The second-order valence-corrected chi connectivity index (χ2v) is 9.51. The van der Waals surface area contributed by atoms with Crippen molar-refractivity contribution in [2.24, 2.45) is 0 Å². The molecule has 0 saturated carbocycles. The minimum absolute atomic E-state index is 0.0599. The van der Waals surface area contributed by atoms with Crippen molar-refractivity contribution in [3.63, 3.8) is 0 Å². The molecular formula is C26H22N2S. The van der Waals surface area contributed by atoms with Gasteiger partial charge in [-0.25, -0.2) is 0 Å². The summed E-state index contributed by atoms with van der Waals surface area (Å²) in [7, 11) is 0. The number of hydrogen-bond acceptors (Lipinski definition) is 3. The maximum atomic E-state index is 4.71. The molecule has 0 saturated heterocycles. The number of aromatic nitrogens is 2. The Kier molecular flexibility index (Phi) is 4.21. The maximum absolute atomic E-state index is 4.71. The van der Waals surface area contributed by atoms with Crippen LogP contribution < -0.4 is 0 Å². The first-order valence-corrected chi connectivity index (χ1v) is 10.7. The van der Waals surface area contributed by atoms with Crippen LogP contribution in [0.15, 0.2) is 79.1 Å². The van der Waals surface area contributed by atoms with Gasteiger partial charge < -0.3 is 0 Å². The molecule has 29 heavy (non-hydrogen) atoms. The van der Waals surface area contributed by atoms with E-state index in [0.29, 0.717) is 0 Å². The Morgan fingerprint density at radius 2 is 1.62 bits per heavy atom. The lowest BCUT2D eigenvalue weighted by atomic mass is 9.82. The highest BCUT2D eigenvalue weighted by molar-refractivity contribution is 7.22. The van der Waals surface area contributed by atoms with Gasteiger partial charge in [-0.15, -0.1) is 11.3 Å². The number of benzene rings is 2. The van der Waals surface area contributed by atoms with E-state index in [4.69, 9.17) is 4.98 Å². The Bertz CT molecular complexity index is 1310. The zero-order valence-electron chi connectivity index (χ0n) is 16.8. The topological polar surface area (TPSA) is 25.8 Å². The fraction of sp³-hybridized carbons (Fsp3) is 0.154. The highest BCUT2D eigenvalue weighted by atomic mass is 32.1. The van der Waals surface area contributed by atoms with Crippen molar-refractivity contribution < 1.29 is 0 Å². The number of thiophene rings is 1. The van der Waals surface area contributed by atoms with Gasteiger partial charge in [0.05, 0.1) is 15.9 Å². The lowest BCUT2D eigenvalue weighted by molar-refractivity contribution is 0.596. The Labute approximate surface area is 174 Å². The van der Waals surface area contributed by atoms with Gasteiger partial charge in [-0.3, -0.25) is 9.97 Å². The fourth-order valence-corrected chi connectivity index (χ4v) is 4.85. The third-order valence-electron chi connectivity index (χ3n) is 5.30. The van der Waals surface area contributed by atoms with Crippen molar-refractivity contribution in [1.82, 2.24) is 9.97 Å². The molecule has 0 amide bonds. The Morgan fingerprint density at radius 1 is 0.759 bits per heavy atom. The molecule has 2 nitrogen and oxygen atoms in total. The Morgan fingerprint density at radius 3 is 2.45 bits per heavy atom. The van der Waals surface area contributed by atoms with Crippen LogP contribution in [-0.4, -0.2) is 9.97 Å². The van der Waals surface area contributed by atoms with Gasteiger partial charge in [-0.1, -0.05) is 45.0 Å². The summed E-state index contributed by atoms with van der Waals surface area (Å²) in [6, 6.07) is 23.7. The molecule has 0 N–H and O–H groups in total. The zero-order valence-corrected chi connectivity index (χ0v) is 17.6. The van der Waals surface area contributed by atoms with Crippen LogP contribution in [0.3, 0.4) is 0 Å². The van der Waals surface area contributed by atoms with E-state index in [1.165, 1.54) is 31.5 Å². The highest BCUT2D eigenvalue weighted by Gasteiger charge is 2.18. The van der Waals surface area contributed by atoms with E-state index in [1.54, 1.807) is 11.3 Å². The summed E-state index contributed by atoms with van der Waals surface area (Å²) in [6.45, 7) is 6.81. The zero-order chi connectivity index (χ0) is 20.0. The molecule has 0 aliphatic rings. The number of fused-ring (bicyclic) bond motifs is 2. The van der Waals surface area contributed by atoms with E-state index < -0.39 is 0 Å². The molecule has 3 heterocycles. The van der Waals surface area contributed by atoms with E-state index >= 15 is 0 Å². The summed E-state index contributed by atoms with van der Waals surface area (Å²) in [5.41, 5.74) is 5.81. The first kappa shape index (κ1) is 18.0. The smallest absolute Gasteiger partial charge is 0.0816 e. The summed E-state index contributed by atoms with van der Waals surface area (Å²) < 4.78 is 1.21. The molecule has 0 bridgehead atoms. The van der Waals surface area contributed by atoms with Gasteiger partial charge in [0, 0.05) is 22.8 Å². The van der Waals surface area contributed by atoms with Crippen molar-refractivity contribution in [3.05, 3.63) is 84.7 Å². The van der Waals surface area contributed by atoms with Crippen LogP contribution >= 0.6 is 11.3 Å². The van der Waals surface area contributed by atoms with Gasteiger partial charge in [0.25, 0.3) is 0 Å². The highest BCUT2D eigenvalue weighted by Crippen LogP contribution is 2.37. The monoisotopic (exact) mass is 394 g/mol. The predicted molar refractivity (Wildman–Crippen MR) is 124 cm³/mol. The molecule has 0 radical (unpaired) electrons. The molecule has 0 aliphatic heterocycles. The average molecular weight is 395 g/mol. The van der Waals surface area contributed by atoms with E-state index in [0.717, 1.165) is 16.8 Å². The maximum Gasteiger partial charge on any atom is 0.0816 e. The number of rotatable bonds is 2. The van der Waals surface area contributed by atoms with Gasteiger partial charge in [0.1, 0.15) is 0 Å². The van der Waals surface area contributed by atoms with E-state index in [1.807, 2.05) is 18.5 Å². The van der Waals surface area contributed by atoms with Crippen LogP contribution in [0.2, 0.25) is 0 Å². The molecule has 0 atom stereocenters. The molecule has 3 heteroatoms. The van der Waals surface area contributed by atoms with Crippen molar-refractivity contribution in [3.8, 4) is 21.7 Å². The molecule has 142 valence electrons. The van der Waals surface area contributed by atoms with Gasteiger partial charge in [0.2, 0.25) is 0 Å². The lowest BCUT2D eigenvalue weighted by Gasteiger charge is -2.22. The van der Waals surface area contributed by atoms with Gasteiger partial charge in [-0.05, 0) is 69.8 Å². The van der Waals surface area contributed by atoms with Crippen LogP contribution in [0.1, 0.15) is 26.3 Å². The number of pyridine rings is 2. The normalized spacial score (nSPS) is 12.0. The summed E-state index contributed by atoms with van der Waals surface area (Å²) in [4.78, 5) is 10.4. The van der Waals surface area contributed by atoms with E-state index in [9.17, 15) is 0 Å². The third-order valence-corrected chi connectivity index (χ3v) is 6.44. The number of hydrogen-bond donors (Lipinski definition) is 0. The van der Waals surface area contributed by atoms with Crippen LogP contribution in [0.25, 0.3) is 42.7 Å². The number of nitrogens with zero attached hydrogens (tertiary/aromatic N) is 2. The molecule has 5 rings (SSSR count). The average Bonchev–Trinajstić information content (AvgIpc) is 3.17. The first-order valence-electron chi connectivity index (χ1n) is 9.84. The van der Waals surface area contributed by atoms with Gasteiger partial charge in [-0.2, -0.15) is 0 Å². The van der Waals surface area contributed by atoms with Crippen LogP contribution in [-0.2, 0) is 5.41 Å². The van der Waals surface area contributed by atoms with Gasteiger partial charge in [0.15, 0.2) is 0 Å². The van der Waals surface area contributed by atoms with Crippen molar-refractivity contribution in [2.45, 2.75) is 26.2 Å². The first-order chi connectivity index (χ1) is 14.0. The van der Waals surface area contributed by atoms with Crippen LogP contribution in [0, 0.1) is 0 Å². The quantitative estimate of drug-likeness (QED) is 0.310. The standard InChI is InChI=1S/C26H22N2S/c1-26(2,3)21-14-19(13-17-7-4-5-8-20(17)21)22-15-18(10-12-28-22)25-16-23-24(29-25)9-6-11-27-23/h4-16H,1-3H3. The molecule has 5 aromatic rings. The summed E-state index contributed by atoms with van der Waals surface area (Å²) in [5.74, 6) is 0. The predicted octanol–water partition coefficient (Wildman–Crippen LogP) is 7.48. The largest absolute Gasteiger partial charge is 0.256 e. The molecule has 0 unspecified atom stereocenters. The minimum atomic E-state index is 0.0599. The minimum Gasteiger partial charge on any atom is -0.256 e. The second-order valence-electron chi connectivity index (χ2n) is 8.42. The molecule has 2 aromatic carbocycles. The van der Waals surface area contributed by atoms with Crippen LogP contribution in [0.4, 0.5) is 0 Å². The molecule has 0 fully saturated rings. The molecule has 0 spiro atoms. The lowest BCUT2D eigenvalue weighted by Crippen LogP contribution is -2.12.